The van der Waals surface area contributed by atoms with Gasteiger partial charge in [0.15, 0.2) is 0 Å². The molecular weight excluding hydrogens is 687 g/mol. The SMILES string of the molecule is [2H]c1c([2H])c(-c2ccc3ccccc3c2)c([2H])c(N(c2c([2H])c([2H])c(-c3ccc4ccccc4c3-c3ccccc3)c([2H])c2[2H])c2c([2H])c([2H])c(-c3ccccc3)c([2H])c2-c2ccccc2)c1[2H]. The van der Waals surface area contributed by atoms with Crippen molar-refractivity contribution >= 4 is 38.6 Å². The lowest BCUT2D eigenvalue weighted by molar-refractivity contribution is 1.28. The van der Waals surface area contributed by atoms with Crippen LogP contribution in [0, 0.1) is 0 Å². The van der Waals surface area contributed by atoms with Crippen LogP contribution in [0.25, 0.3) is 77.2 Å². The van der Waals surface area contributed by atoms with Gasteiger partial charge < -0.3 is 4.90 Å². The Kier molecular flexibility index (Phi) is 6.34. The van der Waals surface area contributed by atoms with Crippen molar-refractivity contribution in [2.75, 3.05) is 4.90 Å². The van der Waals surface area contributed by atoms with E-state index in [2.05, 4.69) is 0 Å². The van der Waals surface area contributed by atoms with E-state index in [1.54, 1.807) is 78.9 Å². The van der Waals surface area contributed by atoms with Crippen molar-refractivity contribution in [1.29, 1.82) is 0 Å². The summed E-state index contributed by atoms with van der Waals surface area (Å²) in [6, 6.07) is 45.8. The van der Waals surface area contributed by atoms with Crippen LogP contribution < -0.4 is 4.90 Å². The van der Waals surface area contributed by atoms with Crippen LogP contribution >= 0.6 is 0 Å². The molecule has 1 heteroatoms. The Bertz CT molecular complexity index is 3610. The monoisotopic (exact) mass is 736 g/mol. The van der Waals surface area contributed by atoms with Gasteiger partial charge in [0.2, 0.25) is 0 Å². The van der Waals surface area contributed by atoms with Gasteiger partial charge in [-0.05, 0) is 114 Å². The van der Waals surface area contributed by atoms with Gasteiger partial charge in [-0.25, -0.2) is 0 Å². The minimum Gasteiger partial charge on any atom is -0.310 e. The van der Waals surface area contributed by atoms with Crippen LogP contribution in [0.3, 0.4) is 0 Å². The molecule has 0 unspecified atom stereocenters. The lowest BCUT2D eigenvalue weighted by Gasteiger charge is -2.29. The number of anilines is 3. The molecule has 57 heavy (non-hydrogen) atoms. The van der Waals surface area contributed by atoms with Gasteiger partial charge in [0, 0.05) is 16.9 Å². The first-order valence-corrected chi connectivity index (χ1v) is 18.7. The van der Waals surface area contributed by atoms with Crippen LogP contribution in [-0.2, 0) is 0 Å². The molecular formula is C56H39N. The van der Waals surface area contributed by atoms with Crippen molar-refractivity contribution in [1.82, 2.24) is 0 Å². The van der Waals surface area contributed by atoms with Gasteiger partial charge in [-0.3, -0.25) is 0 Å². The zero-order valence-corrected chi connectivity index (χ0v) is 30.6. The summed E-state index contributed by atoms with van der Waals surface area (Å²) in [4.78, 5) is 1.10. The van der Waals surface area contributed by atoms with Gasteiger partial charge in [-0.1, -0.05) is 194 Å². The van der Waals surface area contributed by atoms with E-state index < -0.39 is 71.8 Å². The molecule has 0 spiro atoms. The molecule has 0 aromatic heterocycles. The summed E-state index contributed by atoms with van der Waals surface area (Å²) in [5, 5.41) is 3.40. The molecule has 0 radical (unpaired) electrons. The molecule has 0 atom stereocenters. The second kappa shape index (κ2) is 15.0. The molecule has 0 aliphatic heterocycles. The summed E-state index contributed by atoms with van der Waals surface area (Å²) >= 11 is 0. The molecule has 0 fully saturated rings. The predicted octanol–water partition coefficient (Wildman–Crippen LogP) is 15.8. The molecule has 0 N–H and O–H groups in total. The van der Waals surface area contributed by atoms with E-state index in [0.29, 0.717) is 27.8 Å². The van der Waals surface area contributed by atoms with Gasteiger partial charge >= 0.3 is 0 Å². The van der Waals surface area contributed by atoms with Crippen molar-refractivity contribution in [3.8, 4) is 55.6 Å². The highest BCUT2D eigenvalue weighted by molar-refractivity contribution is 6.04. The summed E-state index contributed by atoms with van der Waals surface area (Å²) in [6.07, 6.45) is 0. The highest BCUT2D eigenvalue weighted by Crippen LogP contribution is 2.45. The van der Waals surface area contributed by atoms with E-state index in [1.807, 2.05) is 91.0 Å². The van der Waals surface area contributed by atoms with Crippen LogP contribution in [0.1, 0.15) is 15.1 Å². The Hall–Kier alpha value is -7.48. The number of nitrogens with zero attached hydrogens (tertiary/aromatic N) is 1. The number of benzene rings is 10. The lowest BCUT2D eigenvalue weighted by Crippen LogP contribution is -2.11. The quantitative estimate of drug-likeness (QED) is 0.150. The summed E-state index contributed by atoms with van der Waals surface area (Å²) in [5.41, 5.74) is 2.13. The second-order valence-electron chi connectivity index (χ2n) is 13.6. The predicted molar refractivity (Wildman–Crippen MR) is 243 cm³/mol. The summed E-state index contributed by atoms with van der Waals surface area (Å²) in [6.45, 7) is 0. The molecule has 0 amide bonds. The Morgan fingerprint density at radius 3 is 1.68 bits per heavy atom. The topological polar surface area (TPSA) is 3.24 Å². The summed E-state index contributed by atoms with van der Waals surface area (Å²) in [7, 11) is 0. The van der Waals surface area contributed by atoms with Gasteiger partial charge in [-0.2, -0.15) is 0 Å². The fraction of sp³-hybridized carbons (Fsp3) is 0. The Morgan fingerprint density at radius 1 is 0.333 bits per heavy atom. The third kappa shape index (κ3) is 6.66. The third-order valence-corrected chi connectivity index (χ3v) is 10.1. The second-order valence-corrected chi connectivity index (χ2v) is 13.6. The Labute approximate surface area is 349 Å². The first-order valence-electron chi connectivity index (χ1n) is 24.2. The molecule has 0 saturated carbocycles. The molecule has 1 nitrogen and oxygen atoms in total. The van der Waals surface area contributed by atoms with E-state index in [9.17, 15) is 15.1 Å². The van der Waals surface area contributed by atoms with Crippen molar-refractivity contribution in [3.63, 3.8) is 0 Å². The molecule has 268 valence electrons. The van der Waals surface area contributed by atoms with Crippen LogP contribution in [0.4, 0.5) is 17.1 Å². The highest BCUT2D eigenvalue weighted by atomic mass is 15.1. The minimum absolute atomic E-state index is 0.0128. The molecule has 10 rings (SSSR count). The standard InChI is InChI=1S/C56H39N/c1-4-15-40(16-5-1)49-32-36-55(54(39-49)42-18-6-2-7-19-42)57(51-25-14-24-47(38-51)48-28-27-41-17-10-11-23-46(41)37-48)50-33-29-44(30-34-50)53-35-31-43-20-12-13-26-52(43)56(53)45-21-8-3-9-22-45/h1-39H/i14D,24D,25D,29D,30D,32D,33D,34D,36D,38D,39D. The third-order valence-electron chi connectivity index (χ3n) is 10.1. The maximum Gasteiger partial charge on any atom is 0.0651 e. The first-order chi connectivity index (χ1) is 32.9. The van der Waals surface area contributed by atoms with Crippen LogP contribution in [0.2, 0.25) is 0 Å². The molecule has 10 aromatic carbocycles. The van der Waals surface area contributed by atoms with Crippen molar-refractivity contribution < 1.29 is 15.1 Å². The number of hydrogen-bond donors (Lipinski definition) is 0. The summed E-state index contributed by atoms with van der Waals surface area (Å²) in [5.74, 6) is 0. The Balaban J connectivity index is 1.36. The maximum absolute atomic E-state index is 10.0. The minimum atomic E-state index is -0.657. The molecule has 0 heterocycles. The zero-order valence-electron chi connectivity index (χ0n) is 41.6. The zero-order chi connectivity index (χ0) is 47.5. The Morgan fingerprint density at radius 2 is 0.930 bits per heavy atom. The van der Waals surface area contributed by atoms with Crippen LogP contribution in [0.15, 0.2) is 236 Å². The van der Waals surface area contributed by atoms with Gasteiger partial charge in [-0.15, -0.1) is 0 Å². The number of rotatable bonds is 8. The average molecular weight is 737 g/mol. The smallest absolute Gasteiger partial charge is 0.0651 e. The van der Waals surface area contributed by atoms with Gasteiger partial charge in [0.1, 0.15) is 0 Å². The van der Waals surface area contributed by atoms with Crippen LogP contribution in [-0.4, -0.2) is 0 Å². The molecule has 0 aliphatic carbocycles. The van der Waals surface area contributed by atoms with Crippen molar-refractivity contribution in [3.05, 3.63) is 236 Å². The molecule has 10 aromatic rings. The van der Waals surface area contributed by atoms with E-state index in [0.717, 1.165) is 32.0 Å². The first kappa shape index (κ1) is 24.1. The molecule has 0 saturated heterocycles. The van der Waals surface area contributed by atoms with Crippen molar-refractivity contribution in [2.24, 2.45) is 0 Å². The van der Waals surface area contributed by atoms with Gasteiger partial charge in [0.25, 0.3) is 0 Å². The van der Waals surface area contributed by atoms with Gasteiger partial charge in [0.05, 0.1) is 20.8 Å². The van der Waals surface area contributed by atoms with Crippen LogP contribution in [0.5, 0.6) is 0 Å². The normalized spacial score (nSPS) is 13.9. The molecule has 0 bridgehead atoms. The van der Waals surface area contributed by atoms with E-state index in [-0.39, 0.29) is 34.0 Å². The fourth-order valence-corrected chi connectivity index (χ4v) is 7.35. The van der Waals surface area contributed by atoms with E-state index in [4.69, 9.17) is 0 Å². The largest absolute Gasteiger partial charge is 0.310 e. The lowest BCUT2D eigenvalue weighted by atomic mass is 9.89. The highest BCUT2D eigenvalue weighted by Gasteiger charge is 2.20. The van der Waals surface area contributed by atoms with E-state index >= 15 is 0 Å². The maximum atomic E-state index is 10.0. The fourth-order valence-electron chi connectivity index (χ4n) is 7.35. The molecule has 0 aliphatic rings. The number of fused-ring (bicyclic) bond motifs is 2. The number of hydrogen-bond acceptors (Lipinski definition) is 1. The van der Waals surface area contributed by atoms with E-state index in [1.165, 1.54) is 0 Å². The average Bonchev–Trinajstić information content (AvgIpc) is 3.36. The summed E-state index contributed by atoms with van der Waals surface area (Å²) < 4.78 is 107. The van der Waals surface area contributed by atoms with Crippen molar-refractivity contribution in [2.45, 2.75) is 0 Å².